The average molecular weight is 183 g/mol. The molecule has 0 unspecified atom stereocenters. The monoisotopic (exact) mass is 183 g/mol. The van der Waals surface area contributed by atoms with Gasteiger partial charge in [-0.25, -0.2) is 9.78 Å². The molecule has 0 aliphatic rings. The second-order valence-electron chi connectivity index (χ2n) is 2.62. The molecule has 1 rings (SSSR count). The third kappa shape index (κ3) is 2.57. The molecule has 13 heavy (non-hydrogen) atoms. The standard InChI is InChI=1S/C9H13NO3/c1-3-5-12-9(11)7-6-13-8(4-2)10-7/h6H,3-5H2,1-2H3. The van der Waals surface area contributed by atoms with E-state index in [0.717, 1.165) is 6.42 Å². The summed E-state index contributed by atoms with van der Waals surface area (Å²) >= 11 is 0. The van der Waals surface area contributed by atoms with Crippen LogP contribution in [0.25, 0.3) is 0 Å². The number of carbonyl (C=O) groups is 1. The van der Waals surface area contributed by atoms with Crippen LogP contribution in [-0.4, -0.2) is 17.6 Å². The zero-order chi connectivity index (χ0) is 9.68. The summed E-state index contributed by atoms with van der Waals surface area (Å²) in [4.78, 5) is 15.1. The smallest absolute Gasteiger partial charge is 0.360 e. The topological polar surface area (TPSA) is 52.3 Å². The van der Waals surface area contributed by atoms with Gasteiger partial charge in [0, 0.05) is 6.42 Å². The van der Waals surface area contributed by atoms with Crippen LogP contribution in [-0.2, 0) is 11.2 Å². The Morgan fingerprint density at radius 3 is 2.92 bits per heavy atom. The Balaban J connectivity index is 2.55. The number of hydrogen-bond acceptors (Lipinski definition) is 4. The highest BCUT2D eigenvalue weighted by Gasteiger charge is 2.11. The third-order valence-electron chi connectivity index (χ3n) is 1.50. The van der Waals surface area contributed by atoms with E-state index < -0.39 is 5.97 Å². The number of oxazole rings is 1. The van der Waals surface area contributed by atoms with Crippen molar-refractivity contribution in [3.05, 3.63) is 17.8 Å². The molecule has 0 aliphatic carbocycles. The van der Waals surface area contributed by atoms with Gasteiger partial charge in [0.1, 0.15) is 6.26 Å². The van der Waals surface area contributed by atoms with E-state index in [0.29, 0.717) is 18.9 Å². The number of aryl methyl sites for hydroxylation is 1. The molecule has 0 N–H and O–H groups in total. The van der Waals surface area contributed by atoms with Crippen molar-refractivity contribution in [2.24, 2.45) is 0 Å². The Morgan fingerprint density at radius 1 is 1.62 bits per heavy atom. The van der Waals surface area contributed by atoms with Gasteiger partial charge >= 0.3 is 5.97 Å². The van der Waals surface area contributed by atoms with Crippen LogP contribution >= 0.6 is 0 Å². The summed E-state index contributed by atoms with van der Waals surface area (Å²) in [6.45, 7) is 4.27. The lowest BCUT2D eigenvalue weighted by Crippen LogP contribution is -2.06. The van der Waals surface area contributed by atoms with Crippen molar-refractivity contribution >= 4 is 5.97 Å². The van der Waals surface area contributed by atoms with Gasteiger partial charge in [-0.15, -0.1) is 0 Å². The molecule has 0 fully saturated rings. The minimum absolute atomic E-state index is 0.255. The van der Waals surface area contributed by atoms with Crippen LogP contribution in [0.5, 0.6) is 0 Å². The molecule has 0 spiro atoms. The maximum absolute atomic E-state index is 11.2. The highest BCUT2D eigenvalue weighted by molar-refractivity contribution is 5.86. The largest absolute Gasteiger partial charge is 0.461 e. The van der Waals surface area contributed by atoms with Gasteiger partial charge in [-0.2, -0.15) is 0 Å². The number of ether oxygens (including phenoxy) is 1. The molecule has 0 saturated heterocycles. The van der Waals surface area contributed by atoms with Crippen LogP contribution in [0.1, 0.15) is 36.6 Å². The first-order valence-electron chi connectivity index (χ1n) is 4.39. The number of hydrogen-bond donors (Lipinski definition) is 0. The summed E-state index contributed by atoms with van der Waals surface area (Å²) in [5, 5.41) is 0. The fourth-order valence-corrected chi connectivity index (χ4v) is 0.836. The molecule has 72 valence electrons. The summed E-state index contributed by atoms with van der Waals surface area (Å²) in [5.41, 5.74) is 0.255. The third-order valence-corrected chi connectivity index (χ3v) is 1.50. The minimum atomic E-state index is -0.412. The maximum Gasteiger partial charge on any atom is 0.360 e. The number of esters is 1. The van der Waals surface area contributed by atoms with Gasteiger partial charge in [0.05, 0.1) is 6.61 Å². The second kappa shape index (κ2) is 4.64. The normalized spacial score (nSPS) is 10.0. The SMILES string of the molecule is CCCOC(=O)c1coc(CC)n1. The van der Waals surface area contributed by atoms with E-state index in [1.807, 2.05) is 13.8 Å². The molecular weight excluding hydrogens is 170 g/mol. The highest BCUT2D eigenvalue weighted by atomic mass is 16.5. The first-order chi connectivity index (χ1) is 6.27. The molecule has 0 atom stereocenters. The van der Waals surface area contributed by atoms with Gasteiger partial charge in [-0.05, 0) is 6.42 Å². The summed E-state index contributed by atoms with van der Waals surface area (Å²) in [6.07, 6.45) is 2.82. The summed E-state index contributed by atoms with van der Waals surface area (Å²) in [5.74, 6) is 0.147. The molecule has 4 heteroatoms. The molecule has 0 saturated carbocycles. The number of carbonyl (C=O) groups excluding carboxylic acids is 1. The molecule has 0 radical (unpaired) electrons. The number of rotatable bonds is 4. The fourth-order valence-electron chi connectivity index (χ4n) is 0.836. The van der Waals surface area contributed by atoms with Gasteiger partial charge in [-0.1, -0.05) is 13.8 Å². The van der Waals surface area contributed by atoms with Crippen LogP contribution in [0.4, 0.5) is 0 Å². The molecule has 1 heterocycles. The highest BCUT2D eigenvalue weighted by Crippen LogP contribution is 2.04. The van der Waals surface area contributed by atoms with Crippen LogP contribution in [0.15, 0.2) is 10.7 Å². The molecule has 0 aromatic carbocycles. The van der Waals surface area contributed by atoms with E-state index in [-0.39, 0.29) is 5.69 Å². The van der Waals surface area contributed by atoms with Crippen molar-refractivity contribution in [3.8, 4) is 0 Å². The lowest BCUT2D eigenvalue weighted by atomic mass is 10.4. The Hall–Kier alpha value is -1.32. The van der Waals surface area contributed by atoms with Gasteiger partial charge in [0.2, 0.25) is 0 Å². The molecule has 4 nitrogen and oxygen atoms in total. The van der Waals surface area contributed by atoms with E-state index in [1.165, 1.54) is 6.26 Å². The van der Waals surface area contributed by atoms with Crippen molar-refractivity contribution in [3.63, 3.8) is 0 Å². The molecule has 0 amide bonds. The van der Waals surface area contributed by atoms with Gasteiger partial charge < -0.3 is 9.15 Å². The predicted molar refractivity (Wildman–Crippen MR) is 46.5 cm³/mol. The zero-order valence-electron chi connectivity index (χ0n) is 7.87. The Kier molecular flexibility index (Phi) is 3.49. The Bertz CT molecular complexity index is 280. The molecule has 0 bridgehead atoms. The Morgan fingerprint density at radius 2 is 2.38 bits per heavy atom. The van der Waals surface area contributed by atoms with Crippen LogP contribution in [0, 0.1) is 0 Å². The van der Waals surface area contributed by atoms with E-state index in [2.05, 4.69) is 4.98 Å². The second-order valence-corrected chi connectivity index (χ2v) is 2.62. The molecule has 1 aromatic rings. The van der Waals surface area contributed by atoms with Crippen LogP contribution in [0.3, 0.4) is 0 Å². The molecule has 1 aromatic heterocycles. The first kappa shape index (κ1) is 9.77. The summed E-state index contributed by atoms with van der Waals surface area (Å²) < 4.78 is 9.88. The lowest BCUT2D eigenvalue weighted by molar-refractivity contribution is 0.0498. The lowest BCUT2D eigenvalue weighted by Gasteiger charge is -1.97. The van der Waals surface area contributed by atoms with Crippen molar-refractivity contribution in [1.82, 2.24) is 4.98 Å². The summed E-state index contributed by atoms with van der Waals surface area (Å²) in [7, 11) is 0. The minimum Gasteiger partial charge on any atom is -0.461 e. The quantitative estimate of drug-likeness (QED) is 0.668. The van der Waals surface area contributed by atoms with Crippen molar-refractivity contribution < 1.29 is 13.9 Å². The van der Waals surface area contributed by atoms with Crippen LogP contribution in [0.2, 0.25) is 0 Å². The number of nitrogens with zero attached hydrogens (tertiary/aromatic N) is 1. The van der Waals surface area contributed by atoms with Crippen molar-refractivity contribution in [2.75, 3.05) is 6.61 Å². The fraction of sp³-hybridized carbons (Fsp3) is 0.556. The van der Waals surface area contributed by atoms with E-state index in [9.17, 15) is 4.79 Å². The van der Waals surface area contributed by atoms with Crippen molar-refractivity contribution in [1.29, 1.82) is 0 Å². The van der Waals surface area contributed by atoms with Gasteiger partial charge in [0.25, 0.3) is 0 Å². The van der Waals surface area contributed by atoms with E-state index in [4.69, 9.17) is 9.15 Å². The average Bonchev–Trinajstić information content (AvgIpc) is 2.62. The number of aromatic nitrogens is 1. The van der Waals surface area contributed by atoms with Crippen LogP contribution < -0.4 is 0 Å². The molecule has 0 aliphatic heterocycles. The van der Waals surface area contributed by atoms with Gasteiger partial charge in [0.15, 0.2) is 11.6 Å². The van der Waals surface area contributed by atoms with Crippen molar-refractivity contribution in [2.45, 2.75) is 26.7 Å². The van der Waals surface area contributed by atoms with E-state index in [1.54, 1.807) is 0 Å². The molecular formula is C9H13NO3. The van der Waals surface area contributed by atoms with E-state index >= 15 is 0 Å². The van der Waals surface area contributed by atoms with Gasteiger partial charge in [-0.3, -0.25) is 0 Å². The Labute approximate surface area is 76.9 Å². The maximum atomic E-state index is 11.2. The zero-order valence-corrected chi connectivity index (χ0v) is 7.87. The predicted octanol–water partition coefficient (Wildman–Crippen LogP) is 1.80. The summed E-state index contributed by atoms with van der Waals surface area (Å²) in [6, 6.07) is 0. The first-order valence-corrected chi connectivity index (χ1v) is 4.39.